The van der Waals surface area contributed by atoms with Gasteiger partial charge in [-0.2, -0.15) is 26.3 Å². The molecular weight excluding hydrogens is 500 g/mol. The van der Waals surface area contributed by atoms with Crippen LogP contribution in [0.5, 0.6) is 0 Å². The Kier molecular flexibility index (Phi) is 10.3. The first-order valence-corrected chi connectivity index (χ1v) is 9.84. The molecule has 0 spiro atoms. The summed E-state index contributed by atoms with van der Waals surface area (Å²) in [5, 5.41) is 20.9. The van der Waals surface area contributed by atoms with E-state index < -0.39 is 24.3 Å². The summed E-state index contributed by atoms with van der Waals surface area (Å²) in [4.78, 5) is 44.1. The van der Waals surface area contributed by atoms with Crippen LogP contribution in [0.3, 0.4) is 0 Å². The van der Waals surface area contributed by atoms with Crippen molar-refractivity contribution in [3.63, 3.8) is 0 Å². The van der Waals surface area contributed by atoms with E-state index in [4.69, 9.17) is 19.8 Å². The zero-order chi connectivity index (χ0) is 26.1. The number of rotatable bonds is 1. The van der Waals surface area contributed by atoms with Crippen molar-refractivity contribution in [3.05, 3.63) is 35.2 Å². The number of carbonyl (C=O) groups excluding carboxylic acids is 2. The lowest BCUT2D eigenvalue weighted by Crippen LogP contribution is -2.51. The Morgan fingerprint density at radius 3 is 1.82 bits per heavy atom. The predicted octanol–water partition coefficient (Wildman–Crippen LogP) is 2.92. The van der Waals surface area contributed by atoms with E-state index in [0.717, 1.165) is 23.2 Å². The van der Waals surface area contributed by atoms with Gasteiger partial charge in [-0.05, 0) is 17.5 Å². The van der Waals surface area contributed by atoms with Gasteiger partial charge in [0.25, 0.3) is 5.91 Å². The SMILES string of the molecule is O=C(NC(=O)N1CCNCC1)c1cc2ccccc2s1.O=C(O)C(F)(F)F.O=C(O)C(F)(F)F. The van der Waals surface area contributed by atoms with Gasteiger partial charge in [0.2, 0.25) is 0 Å². The van der Waals surface area contributed by atoms with Crippen molar-refractivity contribution < 1.29 is 55.7 Å². The first-order valence-electron chi connectivity index (χ1n) is 9.02. The zero-order valence-electron chi connectivity index (χ0n) is 16.9. The average molecular weight is 517 g/mol. The number of hydrogen-bond acceptors (Lipinski definition) is 6. The van der Waals surface area contributed by atoms with Crippen LogP contribution in [0.1, 0.15) is 9.67 Å². The van der Waals surface area contributed by atoms with Gasteiger partial charge in [-0.3, -0.25) is 10.1 Å². The van der Waals surface area contributed by atoms with E-state index in [1.165, 1.54) is 11.3 Å². The predicted molar refractivity (Wildman–Crippen MR) is 107 cm³/mol. The molecule has 2 heterocycles. The second-order valence-corrected chi connectivity index (χ2v) is 7.33. The highest BCUT2D eigenvalue weighted by atomic mass is 32.1. The molecule has 3 amide bonds. The Hall–Kier alpha value is -3.40. The fourth-order valence-electron chi connectivity index (χ4n) is 2.20. The lowest BCUT2D eigenvalue weighted by atomic mass is 10.2. The minimum atomic E-state index is -5.08. The smallest absolute Gasteiger partial charge is 0.475 e. The third-order valence-corrected chi connectivity index (χ3v) is 4.87. The van der Waals surface area contributed by atoms with Crippen LogP contribution in [0.2, 0.25) is 0 Å². The first kappa shape index (κ1) is 28.6. The molecule has 1 aliphatic rings. The third-order valence-electron chi connectivity index (χ3n) is 3.76. The zero-order valence-corrected chi connectivity index (χ0v) is 17.7. The summed E-state index contributed by atoms with van der Waals surface area (Å²) in [7, 11) is 0. The molecule has 1 aliphatic heterocycles. The van der Waals surface area contributed by atoms with Gasteiger partial charge in [0.15, 0.2) is 0 Å². The molecule has 0 unspecified atom stereocenters. The molecule has 1 fully saturated rings. The molecule has 34 heavy (non-hydrogen) atoms. The van der Waals surface area contributed by atoms with Gasteiger partial charge in [-0.25, -0.2) is 14.4 Å². The monoisotopic (exact) mass is 517 g/mol. The molecule has 2 aromatic rings. The van der Waals surface area contributed by atoms with Crippen molar-refractivity contribution >= 4 is 45.3 Å². The summed E-state index contributed by atoms with van der Waals surface area (Å²) in [6.45, 7) is 2.80. The number of amides is 3. The lowest BCUT2D eigenvalue weighted by molar-refractivity contribution is -0.193. The number of aliphatic carboxylic acids is 2. The summed E-state index contributed by atoms with van der Waals surface area (Å²) in [5.74, 6) is -5.84. The van der Waals surface area contributed by atoms with Crippen molar-refractivity contribution in [2.24, 2.45) is 0 Å². The number of benzene rings is 1. The number of urea groups is 1. The minimum absolute atomic E-state index is 0.311. The number of nitrogens with zero attached hydrogens (tertiary/aromatic N) is 1. The molecule has 0 bridgehead atoms. The summed E-state index contributed by atoms with van der Waals surface area (Å²) < 4.78 is 64.5. The fraction of sp³-hybridized carbons (Fsp3) is 0.333. The average Bonchev–Trinajstić information content (AvgIpc) is 3.18. The molecule has 0 radical (unpaired) electrons. The van der Waals surface area contributed by atoms with Crippen LogP contribution >= 0.6 is 11.3 Å². The molecule has 1 saturated heterocycles. The van der Waals surface area contributed by atoms with E-state index in [1.54, 1.807) is 4.90 Å². The van der Waals surface area contributed by atoms with E-state index in [9.17, 15) is 35.9 Å². The van der Waals surface area contributed by atoms with Crippen LogP contribution < -0.4 is 10.6 Å². The van der Waals surface area contributed by atoms with Crippen molar-refractivity contribution in [3.8, 4) is 0 Å². The maximum atomic E-state index is 12.1. The molecule has 188 valence electrons. The minimum Gasteiger partial charge on any atom is -0.475 e. The van der Waals surface area contributed by atoms with Crippen LogP contribution in [-0.4, -0.2) is 77.5 Å². The number of imide groups is 1. The number of piperazine rings is 1. The first-order chi connectivity index (χ1) is 15.6. The van der Waals surface area contributed by atoms with Gasteiger partial charge in [-0.15, -0.1) is 11.3 Å². The van der Waals surface area contributed by atoms with Gasteiger partial charge in [0.05, 0.1) is 4.88 Å². The second-order valence-electron chi connectivity index (χ2n) is 6.25. The van der Waals surface area contributed by atoms with Gasteiger partial charge in [0.1, 0.15) is 0 Å². The summed E-state index contributed by atoms with van der Waals surface area (Å²) in [5.41, 5.74) is 0. The molecule has 4 N–H and O–H groups in total. The van der Waals surface area contributed by atoms with Crippen LogP contribution in [0.25, 0.3) is 10.1 Å². The third kappa shape index (κ3) is 9.62. The molecule has 1 aromatic carbocycles. The Morgan fingerprint density at radius 2 is 1.38 bits per heavy atom. The van der Waals surface area contributed by atoms with Gasteiger partial charge in [0, 0.05) is 30.9 Å². The van der Waals surface area contributed by atoms with Crippen LogP contribution in [0.15, 0.2) is 30.3 Å². The number of carbonyl (C=O) groups is 4. The maximum Gasteiger partial charge on any atom is 0.490 e. The standard InChI is InChI=1S/C14H15N3O2S.2C2HF3O2/c18-13(16-14(19)17-7-5-15-6-8-17)12-9-10-3-1-2-4-11(10)20-12;2*3-2(4,5)1(6)7/h1-4,9,15H,5-8H2,(H,16,18,19);2*(H,6,7). The molecular formula is C18H17F6N3O6S. The summed E-state index contributed by atoms with van der Waals surface area (Å²) >= 11 is 1.40. The van der Waals surface area contributed by atoms with E-state index in [0.29, 0.717) is 18.0 Å². The maximum absolute atomic E-state index is 12.1. The Bertz CT molecular complexity index is 961. The van der Waals surface area contributed by atoms with Crippen molar-refractivity contribution in [1.29, 1.82) is 0 Å². The van der Waals surface area contributed by atoms with E-state index in [-0.39, 0.29) is 11.9 Å². The molecule has 3 rings (SSSR count). The number of alkyl halides is 6. The van der Waals surface area contributed by atoms with E-state index in [2.05, 4.69) is 10.6 Å². The number of thiophene rings is 1. The molecule has 16 heteroatoms. The van der Waals surface area contributed by atoms with Crippen molar-refractivity contribution in [2.75, 3.05) is 26.2 Å². The number of carboxylic acids is 2. The lowest BCUT2D eigenvalue weighted by Gasteiger charge is -2.26. The van der Waals surface area contributed by atoms with Crippen molar-refractivity contribution in [2.45, 2.75) is 12.4 Å². The number of hydrogen-bond donors (Lipinski definition) is 4. The number of carboxylic acid groups (broad SMARTS) is 2. The number of fused-ring (bicyclic) bond motifs is 1. The number of nitrogens with one attached hydrogen (secondary N) is 2. The highest BCUT2D eigenvalue weighted by Gasteiger charge is 2.38. The van der Waals surface area contributed by atoms with Crippen LogP contribution in [-0.2, 0) is 9.59 Å². The van der Waals surface area contributed by atoms with E-state index >= 15 is 0 Å². The highest BCUT2D eigenvalue weighted by molar-refractivity contribution is 7.20. The van der Waals surface area contributed by atoms with Crippen molar-refractivity contribution in [1.82, 2.24) is 15.5 Å². The molecule has 1 aromatic heterocycles. The normalized spacial score (nSPS) is 13.6. The van der Waals surface area contributed by atoms with Gasteiger partial charge >= 0.3 is 30.3 Å². The van der Waals surface area contributed by atoms with Gasteiger partial charge < -0.3 is 20.4 Å². The van der Waals surface area contributed by atoms with Crippen LogP contribution in [0, 0.1) is 0 Å². The quantitative estimate of drug-likeness (QED) is 0.427. The summed E-state index contributed by atoms with van der Waals surface area (Å²) in [6.07, 6.45) is -10.2. The Morgan fingerprint density at radius 1 is 0.912 bits per heavy atom. The Labute approximate surface area is 190 Å². The summed E-state index contributed by atoms with van der Waals surface area (Å²) in [6, 6.07) is 9.30. The topological polar surface area (TPSA) is 136 Å². The molecule has 0 aliphatic carbocycles. The van der Waals surface area contributed by atoms with Crippen LogP contribution in [0.4, 0.5) is 31.1 Å². The van der Waals surface area contributed by atoms with E-state index in [1.807, 2.05) is 30.3 Å². The largest absolute Gasteiger partial charge is 0.490 e. The van der Waals surface area contributed by atoms with Gasteiger partial charge in [-0.1, -0.05) is 18.2 Å². The molecule has 9 nitrogen and oxygen atoms in total. The second kappa shape index (κ2) is 12.2. The highest BCUT2D eigenvalue weighted by Crippen LogP contribution is 2.25. The number of halogens is 6. The Balaban J connectivity index is 0.000000343. The fourth-order valence-corrected chi connectivity index (χ4v) is 3.16. The molecule has 0 atom stereocenters. The molecule has 0 saturated carbocycles.